The van der Waals surface area contributed by atoms with Gasteiger partial charge in [-0.2, -0.15) is 0 Å². The van der Waals surface area contributed by atoms with E-state index in [1.807, 2.05) is 13.1 Å². The predicted octanol–water partition coefficient (Wildman–Crippen LogP) is 0.376. The van der Waals surface area contributed by atoms with Gasteiger partial charge in [0.15, 0.2) is 0 Å². The van der Waals surface area contributed by atoms with Gasteiger partial charge in [0.2, 0.25) is 0 Å². The Kier molecular flexibility index (Phi) is 6.05. The van der Waals surface area contributed by atoms with E-state index in [4.69, 9.17) is 9.47 Å². The van der Waals surface area contributed by atoms with Crippen molar-refractivity contribution in [3.05, 3.63) is 23.8 Å². The van der Waals surface area contributed by atoms with Gasteiger partial charge in [-0.3, -0.25) is 4.90 Å². The maximum atomic E-state index is 9.47. The van der Waals surface area contributed by atoms with Gasteiger partial charge in [-0.05, 0) is 49.5 Å². The topological polar surface area (TPSA) is 62.2 Å². The molecule has 1 unspecified atom stereocenters. The van der Waals surface area contributed by atoms with Crippen molar-refractivity contribution in [2.45, 2.75) is 31.9 Å². The molecule has 116 valence electrons. The Bertz CT molecular complexity index is 449. The summed E-state index contributed by atoms with van der Waals surface area (Å²) in [7, 11) is 2.16. The molecule has 1 aromatic rings. The molecule has 0 aliphatic carbocycles. The highest BCUT2D eigenvalue weighted by molar-refractivity contribution is 6.59. The Morgan fingerprint density at radius 1 is 1.38 bits per heavy atom. The number of nitrogens with zero attached hydrogens (tertiary/aromatic N) is 1. The van der Waals surface area contributed by atoms with Crippen molar-refractivity contribution in [2.75, 3.05) is 27.3 Å². The standard InChI is InChI=1S/C15H24BNO4/c1-17(11-14-5-3-4-8-21-14)10-12-9-13(20-2)6-7-15(12)16(18)19/h6-7,9,14,18-19H,3-5,8,10-11H2,1-2H3. The molecule has 1 heterocycles. The van der Waals surface area contributed by atoms with Gasteiger partial charge in [0.05, 0.1) is 13.2 Å². The normalized spacial score (nSPS) is 18.8. The molecule has 0 amide bonds. The van der Waals surface area contributed by atoms with E-state index in [1.165, 1.54) is 6.42 Å². The van der Waals surface area contributed by atoms with Gasteiger partial charge < -0.3 is 19.5 Å². The summed E-state index contributed by atoms with van der Waals surface area (Å²) in [6, 6.07) is 5.29. The first-order valence-corrected chi connectivity index (χ1v) is 7.43. The maximum Gasteiger partial charge on any atom is 0.488 e. The Hall–Kier alpha value is -1.08. The smallest absolute Gasteiger partial charge is 0.488 e. The average molecular weight is 293 g/mol. The first-order chi connectivity index (χ1) is 10.1. The fourth-order valence-corrected chi connectivity index (χ4v) is 2.75. The number of benzene rings is 1. The Balaban J connectivity index is 2.02. The van der Waals surface area contributed by atoms with E-state index >= 15 is 0 Å². The average Bonchev–Trinajstić information content (AvgIpc) is 2.47. The molecular weight excluding hydrogens is 269 g/mol. The van der Waals surface area contributed by atoms with Crippen molar-refractivity contribution < 1.29 is 19.5 Å². The lowest BCUT2D eigenvalue weighted by atomic mass is 9.77. The van der Waals surface area contributed by atoms with E-state index in [9.17, 15) is 10.0 Å². The van der Waals surface area contributed by atoms with Gasteiger partial charge in [0.1, 0.15) is 5.75 Å². The van der Waals surface area contributed by atoms with Crippen LogP contribution in [0.4, 0.5) is 0 Å². The molecule has 0 radical (unpaired) electrons. The van der Waals surface area contributed by atoms with Crippen molar-refractivity contribution in [1.29, 1.82) is 0 Å². The number of methoxy groups -OCH3 is 1. The Labute approximate surface area is 126 Å². The van der Waals surface area contributed by atoms with Gasteiger partial charge in [0.25, 0.3) is 0 Å². The number of ether oxygens (including phenoxy) is 2. The molecule has 5 nitrogen and oxygen atoms in total. The molecule has 2 N–H and O–H groups in total. The second-order valence-electron chi connectivity index (χ2n) is 5.62. The van der Waals surface area contributed by atoms with Crippen molar-refractivity contribution >= 4 is 12.6 Å². The maximum absolute atomic E-state index is 9.47. The second kappa shape index (κ2) is 7.80. The molecule has 1 saturated heterocycles. The molecule has 6 heteroatoms. The number of hydrogen-bond acceptors (Lipinski definition) is 5. The molecule has 1 fully saturated rings. The third-order valence-corrected chi connectivity index (χ3v) is 3.86. The minimum Gasteiger partial charge on any atom is -0.497 e. The van der Waals surface area contributed by atoms with Gasteiger partial charge >= 0.3 is 7.12 Å². The minimum absolute atomic E-state index is 0.275. The van der Waals surface area contributed by atoms with Crippen LogP contribution in [-0.4, -0.2) is 55.5 Å². The summed E-state index contributed by atoms with van der Waals surface area (Å²) < 4.78 is 11.0. The van der Waals surface area contributed by atoms with Crippen molar-refractivity contribution in [2.24, 2.45) is 0 Å². The van der Waals surface area contributed by atoms with Crippen LogP contribution in [0, 0.1) is 0 Å². The van der Waals surface area contributed by atoms with Crippen molar-refractivity contribution in [3.63, 3.8) is 0 Å². The van der Waals surface area contributed by atoms with E-state index in [-0.39, 0.29) is 6.10 Å². The zero-order chi connectivity index (χ0) is 15.2. The van der Waals surface area contributed by atoms with Crippen LogP contribution in [0.15, 0.2) is 18.2 Å². The van der Waals surface area contributed by atoms with E-state index in [0.717, 1.165) is 37.3 Å². The second-order valence-corrected chi connectivity index (χ2v) is 5.62. The highest BCUT2D eigenvalue weighted by Crippen LogP contribution is 2.16. The van der Waals surface area contributed by atoms with Crippen molar-refractivity contribution in [1.82, 2.24) is 4.90 Å². The molecule has 0 aromatic heterocycles. The predicted molar refractivity (Wildman–Crippen MR) is 82.7 cm³/mol. The summed E-state index contributed by atoms with van der Waals surface area (Å²) in [6.07, 6.45) is 3.74. The Morgan fingerprint density at radius 3 is 2.81 bits per heavy atom. The number of hydrogen-bond donors (Lipinski definition) is 2. The molecule has 1 aromatic carbocycles. The van der Waals surface area contributed by atoms with Crippen LogP contribution < -0.4 is 10.2 Å². The van der Waals surface area contributed by atoms with Crippen LogP contribution in [0.25, 0.3) is 0 Å². The zero-order valence-corrected chi connectivity index (χ0v) is 12.8. The lowest BCUT2D eigenvalue weighted by Gasteiger charge is -2.28. The van der Waals surface area contributed by atoms with Gasteiger partial charge in [-0.25, -0.2) is 0 Å². The van der Waals surface area contributed by atoms with Gasteiger partial charge in [-0.15, -0.1) is 0 Å². The lowest BCUT2D eigenvalue weighted by molar-refractivity contribution is -0.00256. The fraction of sp³-hybridized carbons (Fsp3) is 0.600. The molecule has 1 aliphatic heterocycles. The van der Waals surface area contributed by atoms with Crippen LogP contribution in [0.1, 0.15) is 24.8 Å². The largest absolute Gasteiger partial charge is 0.497 e. The van der Waals surface area contributed by atoms with Crippen LogP contribution in [0.2, 0.25) is 0 Å². The molecule has 1 aliphatic rings. The minimum atomic E-state index is -1.47. The van der Waals surface area contributed by atoms with E-state index in [1.54, 1.807) is 19.2 Å². The molecular formula is C15H24BNO4. The SMILES string of the molecule is COc1ccc(B(O)O)c(CN(C)CC2CCCCO2)c1. The fourth-order valence-electron chi connectivity index (χ4n) is 2.75. The van der Waals surface area contributed by atoms with Gasteiger partial charge in [-0.1, -0.05) is 6.07 Å². The lowest BCUT2D eigenvalue weighted by Crippen LogP contribution is -2.37. The summed E-state index contributed by atoms with van der Waals surface area (Å²) >= 11 is 0. The summed E-state index contributed by atoms with van der Waals surface area (Å²) in [4.78, 5) is 2.15. The van der Waals surface area contributed by atoms with E-state index in [0.29, 0.717) is 12.0 Å². The molecule has 1 atom stereocenters. The first-order valence-electron chi connectivity index (χ1n) is 7.43. The highest BCUT2D eigenvalue weighted by atomic mass is 16.5. The quantitative estimate of drug-likeness (QED) is 0.742. The van der Waals surface area contributed by atoms with E-state index in [2.05, 4.69) is 4.90 Å². The summed E-state index contributed by atoms with van der Waals surface area (Å²) in [5.74, 6) is 0.719. The number of likely N-dealkylation sites (N-methyl/N-ethyl adjacent to an activating group) is 1. The third-order valence-electron chi connectivity index (χ3n) is 3.86. The molecule has 2 rings (SSSR count). The first kappa shape index (κ1) is 16.3. The monoisotopic (exact) mass is 293 g/mol. The van der Waals surface area contributed by atoms with Crippen LogP contribution >= 0.6 is 0 Å². The molecule has 21 heavy (non-hydrogen) atoms. The third kappa shape index (κ3) is 4.71. The van der Waals surface area contributed by atoms with Crippen molar-refractivity contribution in [3.8, 4) is 5.75 Å². The highest BCUT2D eigenvalue weighted by Gasteiger charge is 2.20. The summed E-state index contributed by atoms with van der Waals surface area (Å²) in [5.41, 5.74) is 1.38. The van der Waals surface area contributed by atoms with Gasteiger partial charge in [0, 0.05) is 19.7 Å². The molecule has 0 saturated carbocycles. The Morgan fingerprint density at radius 2 is 2.19 bits per heavy atom. The van der Waals surface area contributed by atoms with E-state index < -0.39 is 7.12 Å². The molecule has 0 spiro atoms. The van der Waals surface area contributed by atoms with Crippen LogP contribution in [0.5, 0.6) is 5.75 Å². The summed E-state index contributed by atoms with van der Waals surface area (Å²) in [6.45, 7) is 2.32. The van der Waals surface area contributed by atoms with Crippen LogP contribution in [0.3, 0.4) is 0 Å². The number of rotatable bonds is 6. The summed E-state index contributed by atoms with van der Waals surface area (Å²) in [5, 5.41) is 18.9. The zero-order valence-electron chi connectivity index (χ0n) is 12.8. The molecule has 0 bridgehead atoms. The van der Waals surface area contributed by atoms with Crippen LogP contribution in [-0.2, 0) is 11.3 Å².